The molecule has 0 unspecified atom stereocenters. The first-order valence-electron chi connectivity index (χ1n) is 7.08. The SMILES string of the molecule is COC(=O)[C@H]1C[C@@H](NC(=O)[C@@H](N)Cc2ccccc2)N(C)O1. The Hall–Kier alpha value is -1.96. The topological polar surface area (TPSA) is 93.9 Å². The van der Waals surface area contributed by atoms with Crippen molar-refractivity contribution in [2.45, 2.75) is 31.2 Å². The van der Waals surface area contributed by atoms with Crippen molar-refractivity contribution in [2.75, 3.05) is 14.2 Å². The van der Waals surface area contributed by atoms with Crippen molar-refractivity contribution in [3.63, 3.8) is 0 Å². The lowest BCUT2D eigenvalue weighted by molar-refractivity contribution is -0.180. The molecule has 22 heavy (non-hydrogen) atoms. The smallest absolute Gasteiger partial charge is 0.337 e. The lowest BCUT2D eigenvalue weighted by Gasteiger charge is -2.21. The number of hydrogen-bond donors (Lipinski definition) is 2. The lowest BCUT2D eigenvalue weighted by Crippen LogP contribution is -2.49. The van der Waals surface area contributed by atoms with Gasteiger partial charge in [-0.3, -0.25) is 9.63 Å². The van der Waals surface area contributed by atoms with Gasteiger partial charge in [-0.05, 0) is 12.0 Å². The van der Waals surface area contributed by atoms with Gasteiger partial charge in [-0.15, -0.1) is 0 Å². The molecule has 7 heteroatoms. The van der Waals surface area contributed by atoms with E-state index in [0.717, 1.165) is 5.56 Å². The van der Waals surface area contributed by atoms with Gasteiger partial charge in [0.25, 0.3) is 0 Å². The summed E-state index contributed by atoms with van der Waals surface area (Å²) in [5, 5.41) is 4.23. The molecule has 1 amide bonds. The summed E-state index contributed by atoms with van der Waals surface area (Å²) in [4.78, 5) is 28.9. The molecule has 0 aromatic heterocycles. The molecule has 0 saturated carbocycles. The summed E-state index contributed by atoms with van der Waals surface area (Å²) in [6.07, 6.45) is -0.332. The van der Waals surface area contributed by atoms with Crippen molar-refractivity contribution in [3.8, 4) is 0 Å². The third-order valence-corrected chi connectivity index (χ3v) is 3.58. The highest BCUT2D eigenvalue weighted by Crippen LogP contribution is 2.18. The molecule has 7 nitrogen and oxygen atoms in total. The van der Waals surface area contributed by atoms with Crippen LogP contribution in [0.25, 0.3) is 0 Å². The number of carbonyl (C=O) groups is 2. The molecular formula is C15H21N3O4. The molecule has 0 aliphatic carbocycles. The van der Waals surface area contributed by atoms with Gasteiger partial charge in [0.05, 0.1) is 13.2 Å². The van der Waals surface area contributed by atoms with Crippen molar-refractivity contribution >= 4 is 11.9 Å². The number of hydrogen-bond acceptors (Lipinski definition) is 6. The molecule has 1 saturated heterocycles. The van der Waals surface area contributed by atoms with Crippen LogP contribution in [-0.4, -0.2) is 49.4 Å². The largest absolute Gasteiger partial charge is 0.467 e. The second kappa shape index (κ2) is 7.35. The van der Waals surface area contributed by atoms with Crippen molar-refractivity contribution in [1.29, 1.82) is 0 Å². The number of rotatable bonds is 5. The van der Waals surface area contributed by atoms with Crippen LogP contribution >= 0.6 is 0 Å². The number of carbonyl (C=O) groups excluding carboxylic acids is 2. The minimum Gasteiger partial charge on any atom is -0.467 e. The zero-order valence-corrected chi connectivity index (χ0v) is 12.7. The molecular weight excluding hydrogens is 286 g/mol. The maximum absolute atomic E-state index is 12.2. The van der Waals surface area contributed by atoms with Gasteiger partial charge in [-0.1, -0.05) is 30.3 Å². The van der Waals surface area contributed by atoms with Gasteiger partial charge in [-0.25, -0.2) is 4.79 Å². The average Bonchev–Trinajstić information content (AvgIpc) is 2.88. The van der Waals surface area contributed by atoms with E-state index in [0.29, 0.717) is 12.8 Å². The summed E-state index contributed by atoms with van der Waals surface area (Å²) in [7, 11) is 2.95. The zero-order valence-electron chi connectivity index (χ0n) is 12.7. The number of hydroxylamine groups is 2. The second-order valence-electron chi connectivity index (χ2n) is 5.22. The molecule has 0 radical (unpaired) electrons. The summed E-state index contributed by atoms with van der Waals surface area (Å²) in [5.41, 5.74) is 6.92. The van der Waals surface area contributed by atoms with Crippen molar-refractivity contribution < 1.29 is 19.2 Å². The van der Waals surface area contributed by atoms with Crippen LogP contribution in [0.1, 0.15) is 12.0 Å². The minimum atomic E-state index is -0.703. The van der Waals surface area contributed by atoms with Gasteiger partial charge < -0.3 is 15.8 Å². The highest BCUT2D eigenvalue weighted by atomic mass is 16.7. The molecule has 1 fully saturated rings. The summed E-state index contributed by atoms with van der Waals surface area (Å²) in [5.74, 6) is -0.744. The number of methoxy groups -OCH3 is 1. The molecule has 3 N–H and O–H groups in total. The van der Waals surface area contributed by atoms with Crippen LogP contribution < -0.4 is 11.1 Å². The number of nitrogens with zero attached hydrogens (tertiary/aromatic N) is 1. The number of benzene rings is 1. The van der Waals surface area contributed by atoms with E-state index in [2.05, 4.69) is 10.1 Å². The number of amides is 1. The Labute approximate surface area is 129 Å². The van der Waals surface area contributed by atoms with E-state index in [-0.39, 0.29) is 5.91 Å². The van der Waals surface area contributed by atoms with Crippen molar-refractivity contribution in [3.05, 3.63) is 35.9 Å². The summed E-state index contributed by atoms with van der Waals surface area (Å²) in [6, 6.07) is 8.90. The van der Waals surface area contributed by atoms with E-state index in [1.54, 1.807) is 7.05 Å². The first-order chi connectivity index (χ1) is 10.5. The molecule has 1 aliphatic rings. The van der Waals surface area contributed by atoms with Gasteiger partial charge in [0.1, 0.15) is 6.17 Å². The third-order valence-electron chi connectivity index (χ3n) is 3.58. The van der Waals surface area contributed by atoms with Gasteiger partial charge >= 0.3 is 5.97 Å². The van der Waals surface area contributed by atoms with Crippen LogP contribution in [0.4, 0.5) is 0 Å². The fourth-order valence-electron chi connectivity index (χ4n) is 2.32. The zero-order chi connectivity index (χ0) is 16.1. The standard InChI is InChI=1S/C15H21N3O4/c1-18-13(9-12(22-18)15(20)21-2)17-14(19)11(16)8-10-6-4-3-5-7-10/h3-7,11-13H,8-9,16H2,1-2H3,(H,17,19)/t11-,12+,13-/m0/s1. The minimum absolute atomic E-state index is 0.283. The summed E-state index contributed by atoms with van der Waals surface area (Å²) >= 11 is 0. The molecule has 0 spiro atoms. The lowest BCUT2D eigenvalue weighted by atomic mass is 10.1. The highest BCUT2D eigenvalue weighted by molar-refractivity contribution is 5.82. The number of esters is 1. The highest BCUT2D eigenvalue weighted by Gasteiger charge is 2.37. The monoisotopic (exact) mass is 307 g/mol. The molecule has 3 atom stereocenters. The van der Waals surface area contributed by atoms with Crippen LogP contribution in [0.5, 0.6) is 0 Å². The van der Waals surface area contributed by atoms with Crippen LogP contribution in [0.2, 0.25) is 0 Å². The number of nitrogens with two attached hydrogens (primary N) is 1. The quantitative estimate of drug-likeness (QED) is 0.732. The van der Waals surface area contributed by atoms with E-state index in [4.69, 9.17) is 10.6 Å². The van der Waals surface area contributed by atoms with E-state index in [9.17, 15) is 9.59 Å². The molecule has 1 aromatic carbocycles. The fraction of sp³-hybridized carbons (Fsp3) is 0.467. The predicted molar refractivity (Wildman–Crippen MR) is 79.3 cm³/mol. The van der Waals surface area contributed by atoms with Crippen molar-refractivity contribution in [2.24, 2.45) is 5.73 Å². The maximum Gasteiger partial charge on any atom is 0.337 e. The van der Waals surface area contributed by atoms with Gasteiger partial charge in [0.2, 0.25) is 5.91 Å². The van der Waals surface area contributed by atoms with Gasteiger partial charge in [0, 0.05) is 13.5 Å². The predicted octanol–water partition coefficient (Wildman–Crippen LogP) is -0.193. The summed E-state index contributed by atoms with van der Waals surface area (Å²) < 4.78 is 4.63. The van der Waals surface area contributed by atoms with Crippen LogP contribution in [0.3, 0.4) is 0 Å². The van der Waals surface area contributed by atoms with Crippen LogP contribution in [0, 0.1) is 0 Å². The second-order valence-corrected chi connectivity index (χ2v) is 5.22. The van der Waals surface area contributed by atoms with E-state index < -0.39 is 24.3 Å². The fourth-order valence-corrected chi connectivity index (χ4v) is 2.32. The molecule has 0 bridgehead atoms. The van der Waals surface area contributed by atoms with Crippen LogP contribution in [0.15, 0.2) is 30.3 Å². The Morgan fingerprint density at radius 3 is 2.77 bits per heavy atom. The third kappa shape index (κ3) is 4.03. The molecule has 1 aromatic rings. The Balaban J connectivity index is 1.87. The van der Waals surface area contributed by atoms with Crippen LogP contribution in [-0.2, 0) is 25.6 Å². The van der Waals surface area contributed by atoms with Crippen molar-refractivity contribution in [1.82, 2.24) is 10.4 Å². The average molecular weight is 307 g/mol. The molecule has 2 rings (SSSR count). The Morgan fingerprint density at radius 1 is 1.45 bits per heavy atom. The Morgan fingerprint density at radius 2 is 2.14 bits per heavy atom. The molecule has 120 valence electrons. The van der Waals surface area contributed by atoms with E-state index in [1.807, 2.05) is 30.3 Å². The first kappa shape index (κ1) is 16.4. The van der Waals surface area contributed by atoms with E-state index in [1.165, 1.54) is 12.2 Å². The Kier molecular flexibility index (Phi) is 5.48. The normalized spacial score (nSPS) is 23.0. The number of ether oxygens (including phenoxy) is 1. The van der Waals surface area contributed by atoms with Gasteiger partial charge in [0.15, 0.2) is 6.10 Å². The Bertz CT molecular complexity index is 523. The van der Waals surface area contributed by atoms with Gasteiger partial charge in [-0.2, -0.15) is 5.06 Å². The molecule has 1 heterocycles. The summed E-state index contributed by atoms with van der Waals surface area (Å²) in [6.45, 7) is 0. The number of nitrogens with one attached hydrogen (secondary N) is 1. The van der Waals surface area contributed by atoms with E-state index >= 15 is 0 Å². The molecule has 1 aliphatic heterocycles. The maximum atomic E-state index is 12.2. The first-order valence-corrected chi connectivity index (χ1v) is 7.08.